The average molecular weight is 291 g/mol. The van der Waals surface area contributed by atoms with E-state index >= 15 is 0 Å². The lowest BCUT2D eigenvalue weighted by Crippen LogP contribution is -2.52. The molecule has 0 bridgehead atoms. The van der Waals surface area contributed by atoms with Gasteiger partial charge in [-0.1, -0.05) is 25.2 Å². The third-order valence-electron chi connectivity index (χ3n) is 3.97. The minimum atomic E-state index is -0.894. The van der Waals surface area contributed by atoms with E-state index in [0.29, 0.717) is 6.42 Å². The van der Waals surface area contributed by atoms with Crippen LogP contribution in [0.15, 0.2) is 36.1 Å². The highest BCUT2D eigenvalue weighted by Crippen LogP contribution is 2.34. The molecule has 0 radical (unpaired) electrons. The van der Waals surface area contributed by atoms with Crippen LogP contribution in [0.3, 0.4) is 0 Å². The highest BCUT2D eigenvalue weighted by molar-refractivity contribution is 5.85. The molecule has 4 nitrogen and oxygen atoms in total. The summed E-state index contributed by atoms with van der Waals surface area (Å²) in [7, 11) is 0. The van der Waals surface area contributed by atoms with Crippen LogP contribution in [0.5, 0.6) is 0 Å². The van der Waals surface area contributed by atoms with E-state index in [4.69, 9.17) is 4.74 Å². The molecule has 1 aliphatic rings. The van der Waals surface area contributed by atoms with E-state index in [1.165, 1.54) is 0 Å². The van der Waals surface area contributed by atoms with Gasteiger partial charge in [-0.25, -0.2) is 0 Å². The van der Waals surface area contributed by atoms with Crippen LogP contribution in [0.4, 0.5) is 0 Å². The fourth-order valence-electron chi connectivity index (χ4n) is 1.71. The first-order chi connectivity index (χ1) is 9.70. The molecule has 0 spiro atoms. The van der Waals surface area contributed by atoms with Crippen molar-refractivity contribution in [1.82, 2.24) is 5.32 Å². The Labute approximate surface area is 126 Å². The summed E-state index contributed by atoms with van der Waals surface area (Å²) < 4.78 is 5.44. The molecule has 0 fully saturated rings. The van der Waals surface area contributed by atoms with E-state index < -0.39 is 11.0 Å². The number of carbonyl (C=O) groups excluding carboxylic acids is 2. The van der Waals surface area contributed by atoms with Gasteiger partial charge in [-0.2, -0.15) is 0 Å². The Hall–Kier alpha value is -1.84. The topological polar surface area (TPSA) is 55.4 Å². The number of esters is 1. The van der Waals surface area contributed by atoms with Crippen LogP contribution in [0.1, 0.15) is 47.5 Å². The van der Waals surface area contributed by atoms with E-state index in [1.807, 2.05) is 30.4 Å². The molecule has 0 aliphatic heterocycles. The minimum absolute atomic E-state index is 0.178. The Morgan fingerprint density at radius 1 is 1.24 bits per heavy atom. The number of rotatable bonds is 5. The molecule has 1 aliphatic carbocycles. The maximum absolute atomic E-state index is 12.6. The van der Waals surface area contributed by atoms with Crippen LogP contribution >= 0.6 is 0 Å². The highest BCUT2D eigenvalue weighted by Gasteiger charge is 2.46. The van der Waals surface area contributed by atoms with Gasteiger partial charge in [0.25, 0.3) is 0 Å². The SMILES string of the molecule is CCC(=O)OC(C)(C)C(C)(C)C(=O)NC1=CC=CCC=C1. The Balaban J connectivity index is 2.85. The summed E-state index contributed by atoms with van der Waals surface area (Å²) in [4.78, 5) is 24.1. The molecule has 1 rings (SSSR count). The molecule has 0 aromatic carbocycles. The molecule has 0 aromatic rings. The Morgan fingerprint density at radius 2 is 1.90 bits per heavy atom. The van der Waals surface area contributed by atoms with Crippen molar-refractivity contribution in [3.8, 4) is 0 Å². The van der Waals surface area contributed by atoms with Crippen molar-refractivity contribution in [3.63, 3.8) is 0 Å². The third kappa shape index (κ3) is 4.31. The highest BCUT2D eigenvalue weighted by atomic mass is 16.6. The second-order valence-electron chi connectivity index (χ2n) is 6.11. The van der Waals surface area contributed by atoms with E-state index in [1.54, 1.807) is 34.6 Å². The molecule has 1 N–H and O–H groups in total. The monoisotopic (exact) mass is 291 g/mol. The number of hydrogen-bond acceptors (Lipinski definition) is 3. The number of allylic oxidation sites excluding steroid dienone is 5. The van der Waals surface area contributed by atoms with Gasteiger partial charge in [-0.3, -0.25) is 9.59 Å². The van der Waals surface area contributed by atoms with Gasteiger partial charge >= 0.3 is 5.97 Å². The summed E-state index contributed by atoms with van der Waals surface area (Å²) in [5.41, 5.74) is -1.02. The predicted molar refractivity (Wildman–Crippen MR) is 83.4 cm³/mol. The molecule has 116 valence electrons. The summed E-state index contributed by atoms with van der Waals surface area (Å²) in [5.74, 6) is -0.486. The number of nitrogens with one attached hydrogen (secondary N) is 1. The molecule has 0 heterocycles. The molecule has 0 aromatic heterocycles. The van der Waals surface area contributed by atoms with Crippen LogP contribution < -0.4 is 5.32 Å². The predicted octanol–water partition coefficient (Wildman–Crippen LogP) is 3.26. The Morgan fingerprint density at radius 3 is 2.52 bits per heavy atom. The lowest BCUT2D eigenvalue weighted by atomic mass is 9.76. The minimum Gasteiger partial charge on any atom is -0.459 e. The first-order valence-electron chi connectivity index (χ1n) is 7.27. The summed E-state index contributed by atoms with van der Waals surface area (Å²) >= 11 is 0. The molecule has 0 saturated carbocycles. The Bertz CT molecular complexity index is 496. The Kier molecular flexibility index (Phi) is 5.53. The summed E-state index contributed by atoms with van der Waals surface area (Å²) in [6.07, 6.45) is 10.8. The van der Waals surface area contributed by atoms with Crippen molar-refractivity contribution in [2.75, 3.05) is 0 Å². The van der Waals surface area contributed by atoms with Gasteiger partial charge in [-0.15, -0.1) is 0 Å². The van der Waals surface area contributed by atoms with E-state index in [2.05, 4.69) is 5.32 Å². The van der Waals surface area contributed by atoms with Crippen molar-refractivity contribution >= 4 is 11.9 Å². The van der Waals surface area contributed by atoms with Gasteiger partial charge in [-0.05, 0) is 46.3 Å². The van der Waals surface area contributed by atoms with Crippen LogP contribution in [0, 0.1) is 5.41 Å². The fraction of sp³-hybridized carbons (Fsp3) is 0.529. The quantitative estimate of drug-likeness (QED) is 0.791. The molecule has 21 heavy (non-hydrogen) atoms. The maximum atomic E-state index is 12.6. The largest absolute Gasteiger partial charge is 0.459 e. The van der Waals surface area contributed by atoms with Crippen molar-refractivity contribution < 1.29 is 14.3 Å². The van der Waals surface area contributed by atoms with E-state index in [-0.39, 0.29) is 11.9 Å². The fourth-order valence-corrected chi connectivity index (χ4v) is 1.71. The maximum Gasteiger partial charge on any atom is 0.306 e. The average Bonchev–Trinajstić information content (AvgIpc) is 2.66. The number of hydrogen-bond donors (Lipinski definition) is 1. The molecule has 1 amide bonds. The lowest BCUT2D eigenvalue weighted by Gasteiger charge is -2.39. The number of carbonyl (C=O) groups is 2. The molecular formula is C17H25NO3. The molecular weight excluding hydrogens is 266 g/mol. The van der Waals surface area contributed by atoms with Crippen molar-refractivity contribution in [2.45, 2.75) is 53.1 Å². The van der Waals surface area contributed by atoms with Crippen LogP contribution in [0.2, 0.25) is 0 Å². The first-order valence-corrected chi connectivity index (χ1v) is 7.27. The van der Waals surface area contributed by atoms with Gasteiger partial charge in [0.1, 0.15) is 5.60 Å². The molecule has 4 heteroatoms. The second-order valence-corrected chi connectivity index (χ2v) is 6.11. The normalized spacial score (nSPS) is 15.2. The van der Waals surface area contributed by atoms with Gasteiger partial charge < -0.3 is 10.1 Å². The third-order valence-corrected chi connectivity index (χ3v) is 3.97. The first kappa shape index (κ1) is 17.2. The standard InChI is InChI=1S/C17H25NO3/c1-6-14(19)21-17(4,5)16(2,3)15(20)18-13-11-9-7-8-10-12-13/h7,9-12H,6,8H2,1-5H3,(H,18,20). The zero-order valence-corrected chi connectivity index (χ0v) is 13.5. The lowest BCUT2D eigenvalue weighted by molar-refractivity contribution is -0.172. The summed E-state index contributed by atoms with van der Waals surface area (Å²) in [6, 6.07) is 0. The van der Waals surface area contributed by atoms with Crippen LogP contribution in [-0.4, -0.2) is 17.5 Å². The van der Waals surface area contributed by atoms with Gasteiger partial charge in [0.05, 0.1) is 5.41 Å². The van der Waals surface area contributed by atoms with Gasteiger partial charge in [0, 0.05) is 12.1 Å². The van der Waals surface area contributed by atoms with E-state index in [9.17, 15) is 9.59 Å². The smallest absolute Gasteiger partial charge is 0.306 e. The molecule has 0 atom stereocenters. The van der Waals surface area contributed by atoms with Gasteiger partial charge in [0.15, 0.2) is 0 Å². The molecule has 0 saturated heterocycles. The van der Waals surface area contributed by atoms with Gasteiger partial charge in [0.2, 0.25) is 5.91 Å². The molecule has 0 unspecified atom stereocenters. The zero-order valence-electron chi connectivity index (χ0n) is 13.5. The van der Waals surface area contributed by atoms with E-state index in [0.717, 1.165) is 12.1 Å². The van der Waals surface area contributed by atoms with Crippen LogP contribution in [-0.2, 0) is 14.3 Å². The number of amides is 1. The summed E-state index contributed by atoms with van der Waals surface area (Å²) in [5, 5.41) is 2.89. The van der Waals surface area contributed by atoms with Crippen molar-refractivity contribution in [3.05, 3.63) is 36.1 Å². The van der Waals surface area contributed by atoms with Crippen LogP contribution in [0.25, 0.3) is 0 Å². The second kappa shape index (κ2) is 6.74. The van der Waals surface area contributed by atoms with Crippen molar-refractivity contribution in [2.24, 2.45) is 5.41 Å². The zero-order chi connectivity index (χ0) is 16.1. The summed E-state index contributed by atoms with van der Waals surface area (Å²) in [6.45, 7) is 8.82. The van der Waals surface area contributed by atoms with Crippen molar-refractivity contribution in [1.29, 1.82) is 0 Å². The number of ether oxygens (including phenoxy) is 1.